The molecule has 0 aliphatic heterocycles. The number of benzene rings is 3. The largest absolute Gasteiger partial charge is 0.489 e. The molecule has 0 aliphatic carbocycles. The van der Waals surface area contributed by atoms with Crippen molar-refractivity contribution in [2.75, 3.05) is 0 Å². The highest BCUT2D eigenvalue weighted by Crippen LogP contribution is 2.27. The molecule has 0 spiro atoms. The highest BCUT2D eigenvalue weighted by molar-refractivity contribution is 5.68. The van der Waals surface area contributed by atoms with E-state index in [9.17, 15) is 4.79 Å². The first-order valence-electron chi connectivity index (χ1n) is 9.41. The topological polar surface area (TPSA) is 61.9 Å². The number of ether oxygens (including phenoxy) is 1. The second-order valence-electron chi connectivity index (χ2n) is 7.00. The molecular weight excluding hydrogens is 364 g/mol. The summed E-state index contributed by atoms with van der Waals surface area (Å²) in [4.78, 5) is 12.3. The minimum atomic E-state index is -0.292. The van der Waals surface area contributed by atoms with Crippen LogP contribution in [0.15, 0.2) is 71.5 Å². The number of hydrogen-bond acceptors (Lipinski definition) is 4. The Hall–Kier alpha value is -3.67. The van der Waals surface area contributed by atoms with E-state index >= 15 is 0 Å². The Morgan fingerprint density at radius 2 is 1.69 bits per heavy atom. The first kappa shape index (κ1) is 18.7. The minimum Gasteiger partial charge on any atom is -0.489 e. The Kier molecular flexibility index (Phi) is 4.99. The molecule has 0 saturated heterocycles. The molecule has 0 fully saturated rings. The summed E-state index contributed by atoms with van der Waals surface area (Å²) < 4.78 is 8.59. The van der Waals surface area contributed by atoms with Crippen LogP contribution in [0.25, 0.3) is 16.8 Å². The van der Waals surface area contributed by atoms with Crippen LogP contribution in [-0.4, -0.2) is 19.8 Å². The van der Waals surface area contributed by atoms with Gasteiger partial charge in [0.1, 0.15) is 12.4 Å². The first-order chi connectivity index (χ1) is 14.0. The van der Waals surface area contributed by atoms with E-state index < -0.39 is 0 Å². The molecule has 0 amide bonds. The lowest BCUT2D eigenvalue weighted by atomic mass is 10.0. The van der Waals surface area contributed by atoms with Gasteiger partial charge in [0.25, 0.3) is 0 Å². The van der Waals surface area contributed by atoms with Gasteiger partial charge in [-0.05, 0) is 64.7 Å². The molecule has 29 heavy (non-hydrogen) atoms. The lowest BCUT2D eigenvalue weighted by Gasteiger charge is -2.14. The van der Waals surface area contributed by atoms with Crippen molar-refractivity contribution in [3.8, 4) is 22.6 Å². The van der Waals surface area contributed by atoms with Crippen LogP contribution < -0.4 is 10.4 Å². The Bertz CT molecular complexity index is 1210. The van der Waals surface area contributed by atoms with Crippen LogP contribution in [0.1, 0.15) is 16.7 Å². The summed E-state index contributed by atoms with van der Waals surface area (Å²) in [6, 6.07) is 22.1. The molecule has 1 aromatic heterocycles. The van der Waals surface area contributed by atoms with Crippen molar-refractivity contribution < 1.29 is 4.74 Å². The Balaban J connectivity index is 1.61. The third-order valence-corrected chi connectivity index (χ3v) is 5.00. The number of aryl methyl sites for hydroxylation is 3. The molecule has 0 atom stereocenters. The fourth-order valence-electron chi connectivity index (χ4n) is 3.36. The SMILES string of the molecule is Cc1cc(OCc2c(C)cccc2-n2nnn(C)c2=O)ccc1-c1ccccc1. The van der Waals surface area contributed by atoms with Crippen LogP contribution >= 0.6 is 0 Å². The van der Waals surface area contributed by atoms with E-state index in [0.29, 0.717) is 12.3 Å². The zero-order valence-corrected chi connectivity index (χ0v) is 16.7. The van der Waals surface area contributed by atoms with Crippen LogP contribution in [0, 0.1) is 13.8 Å². The molecule has 0 aliphatic rings. The predicted molar refractivity (Wildman–Crippen MR) is 112 cm³/mol. The monoisotopic (exact) mass is 386 g/mol. The summed E-state index contributed by atoms with van der Waals surface area (Å²) in [5.74, 6) is 0.780. The van der Waals surface area contributed by atoms with E-state index in [-0.39, 0.29) is 5.69 Å². The number of nitrogens with zero attached hydrogens (tertiary/aromatic N) is 4. The van der Waals surface area contributed by atoms with Crippen LogP contribution in [0.3, 0.4) is 0 Å². The molecular formula is C23H22N4O2. The fraction of sp³-hybridized carbons (Fsp3) is 0.174. The van der Waals surface area contributed by atoms with Crippen LogP contribution in [0.5, 0.6) is 5.75 Å². The van der Waals surface area contributed by atoms with Crippen molar-refractivity contribution in [2.45, 2.75) is 20.5 Å². The lowest BCUT2D eigenvalue weighted by Crippen LogP contribution is -2.23. The van der Waals surface area contributed by atoms with Crippen molar-refractivity contribution in [3.05, 3.63) is 93.9 Å². The van der Waals surface area contributed by atoms with E-state index in [1.54, 1.807) is 7.05 Å². The molecule has 4 rings (SSSR count). The maximum atomic E-state index is 12.3. The number of tetrazole rings is 1. The number of aromatic nitrogens is 4. The second kappa shape index (κ2) is 7.75. The van der Waals surface area contributed by atoms with Gasteiger partial charge >= 0.3 is 5.69 Å². The average molecular weight is 386 g/mol. The molecule has 6 heteroatoms. The summed E-state index contributed by atoms with van der Waals surface area (Å²) in [5.41, 5.74) is 5.82. The summed E-state index contributed by atoms with van der Waals surface area (Å²) in [6.45, 7) is 4.40. The normalized spacial score (nSPS) is 10.9. The highest BCUT2D eigenvalue weighted by Gasteiger charge is 2.14. The average Bonchev–Trinajstić information content (AvgIpc) is 3.06. The fourth-order valence-corrected chi connectivity index (χ4v) is 3.36. The summed E-state index contributed by atoms with van der Waals surface area (Å²) in [7, 11) is 1.58. The molecule has 0 saturated carbocycles. The molecule has 146 valence electrons. The number of rotatable bonds is 5. The van der Waals surface area contributed by atoms with Gasteiger partial charge in [0, 0.05) is 12.6 Å². The Morgan fingerprint density at radius 3 is 2.38 bits per heavy atom. The Labute approximate surface area is 169 Å². The Morgan fingerprint density at radius 1 is 0.897 bits per heavy atom. The van der Waals surface area contributed by atoms with Gasteiger partial charge in [-0.2, -0.15) is 9.36 Å². The van der Waals surface area contributed by atoms with E-state index in [0.717, 1.165) is 22.4 Å². The quantitative estimate of drug-likeness (QED) is 0.523. The maximum absolute atomic E-state index is 12.3. The van der Waals surface area contributed by atoms with E-state index in [2.05, 4.69) is 35.5 Å². The third-order valence-electron chi connectivity index (χ3n) is 5.00. The predicted octanol–water partition coefficient (Wildman–Crippen LogP) is 3.83. The molecule has 0 unspecified atom stereocenters. The summed E-state index contributed by atoms with van der Waals surface area (Å²) in [6.07, 6.45) is 0. The second-order valence-corrected chi connectivity index (χ2v) is 7.00. The molecule has 4 aromatic rings. The third kappa shape index (κ3) is 3.69. The molecule has 0 bridgehead atoms. The van der Waals surface area contributed by atoms with Gasteiger partial charge in [0.05, 0.1) is 5.69 Å². The molecule has 6 nitrogen and oxygen atoms in total. The smallest absolute Gasteiger partial charge is 0.368 e. The highest BCUT2D eigenvalue weighted by atomic mass is 16.5. The molecule has 1 heterocycles. The minimum absolute atomic E-state index is 0.292. The van der Waals surface area contributed by atoms with Gasteiger partial charge in [-0.15, -0.1) is 0 Å². The van der Waals surface area contributed by atoms with E-state index in [1.807, 2.05) is 55.5 Å². The lowest BCUT2D eigenvalue weighted by molar-refractivity contribution is 0.304. The maximum Gasteiger partial charge on any atom is 0.368 e. The number of hydrogen-bond donors (Lipinski definition) is 0. The van der Waals surface area contributed by atoms with Gasteiger partial charge in [-0.1, -0.05) is 48.5 Å². The van der Waals surface area contributed by atoms with Crippen molar-refractivity contribution in [1.29, 1.82) is 0 Å². The van der Waals surface area contributed by atoms with Crippen LogP contribution in [0.2, 0.25) is 0 Å². The standard InChI is InChI=1S/C23H22N4O2/c1-16-8-7-11-22(27-23(28)26(3)24-25-27)21(16)15-29-19-12-13-20(17(2)14-19)18-9-5-4-6-10-18/h4-14H,15H2,1-3H3. The van der Waals surface area contributed by atoms with Gasteiger partial charge < -0.3 is 4.74 Å². The van der Waals surface area contributed by atoms with Crippen molar-refractivity contribution in [1.82, 2.24) is 19.8 Å². The van der Waals surface area contributed by atoms with Crippen LogP contribution in [-0.2, 0) is 13.7 Å². The molecule has 0 N–H and O–H groups in total. The van der Waals surface area contributed by atoms with E-state index in [1.165, 1.54) is 20.5 Å². The van der Waals surface area contributed by atoms with E-state index in [4.69, 9.17) is 4.74 Å². The zero-order valence-electron chi connectivity index (χ0n) is 16.7. The van der Waals surface area contributed by atoms with Gasteiger partial charge in [0.15, 0.2) is 0 Å². The van der Waals surface area contributed by atoms with Crippen molar-refractivity contribution in [3.63, 3.8) is 0 Å². The molecule has 3 aromatic carbocycles. The summed E-state index contributed by atoms with van der Waals surface area (Å²) >= 11 is 0. The van der Waals surface area contributed by atoms with Gasteiger partial charge in [-0.25, -0.2) is 4.79 Å². The van der Waals surface area contributed by atoms with Crippen molar-refractivity contribution >= 4 is 0 Å². The summed E-state index contributed by atoms with van der Waals surface area (Å²) in [5, 5.41) is 7.77. The van der Waals surface area contributed by atoms with Crippen molar-refractivity contribution in [2.24, 2.45) is 7.05 Å². The first-order valence-corrected chi connectivity index (χ1v) is 9.41. The zero-order chi connectivity index (χ0) is 20.4. The van der Waals surface area contributed by atoms with Crippen LogP contribution in [0.4, 0.5) is 0 Å². The molecule has 0 radical (unpaired) electrons. The van der Waals surface area contributed by atoms with Gasteiger partial charge in [-0.3, -0.25) is 0 Å². The van der Waals surface area contributed by atoms with Gasteiger partial charge in [0.2, 0.25) is 0 Å².